The first kappa shape index (κ1) is 16.8. The molecule has 0 radical (unpaired) electrons. The molecule has 0 spiro atoms. The van der Waals surface area contributed by atoms with E-state index in [1.54, 1.807) is 0 Å². The maximum atomic E-state index is 11.7. The van der Waals surface area contributed by atoms with Crippen LogP contribution in [0.3, 0.4) is 0 Å². The lowest BCUT2D eigenvalue weighted by atomic mass is 10.3. The van der Waals surface area contributed by atoms with Crippen LogP contribution in [-0.2, 0) is 19.5 Å². The number of hydrogen-bond acceptors (Lipinski definition) is 5. The van der Waals surface area contributed by atoms with E-state index >= 15 is 0 Å². The average Bonchev–Trinajstić information content (AvgIpc) is 2.37. The first-order valence-corrected chi connectivity index (χ1v) is 8.55. The molecule has 19 heavy (non-hydrogen) atoms. The van der Waals surface area contributed by atoms with Gasteiger partial charge in [0.05, 0.1) is 31.7 Å². The van der Waals surface area contributed by atoms with Gasteiger partial charge in [0.2, 0.25) is 10.0 Å². The maximum absolute atomic E-state index is 11.7. The Balaban J connectivity index is 2.09. The third kappa shape index (κ3) is 8.54. The van der Waals surface area contributed by atoms with Gasteiger partial charge < -0.3 is 14.8 Å². The number of unbranched alkanes of at least 4 members (excludes halogenated alkanes) is 1. The smallest absolute Gasteiger partial charge is 0.211 e. The summed E-state index contributed by atoms with van der Waals surface area (Å²) >= 11 is 0. The number of nitrogens with one attached hydrogen (secondary N) is 2. The van der Waals surface area contributed by atoms with Gasteiger partial charge in [0.25, 0.3) is 0 Å². The summed E-state index contributed by atoms with van der Waals surface area (Å²) in [5.74, 6) is 0.167. The fourth-order valence-electron chi connectivity index (χ4n) is 1.75. The van der Waals surface area contributed by atoms with Crippen LogP contribution in [0.4, 0.5) is 0 Å². The highest BCUT2D eigenvalue weighted by molar-refractivity contribution is 7.89. The normalized spacial score (nSPS) is 20.9. The molecule has 1 aliphatic rings. The van der Waals surface area contributed by atoms with E-state index in [-0.39, 0.29) is 11.9 Å². The van der Waals surface area contributed by atoms with Crippen molar-refractivity contribution in [2.45, 2.75) is 38.8 Å². The van der Waals surface area contributed by atoms with Crippen LogP contribution in [0.1, 0.15) is 26.7 Å². The minimum Gasteiger partial charge on any atom is -0.376 e. The third-order valence-corrected chi connectivity index (χ3v) is 4.24. The standard InChI is InChI=1S/C12H26N2O4S/c1-11(2)13-5-3-4-8-19(15,16)14-9-12-10-17-6-7-18-12/h11-14H,3-10H2,1-2H3. The van der Waals surface area contributed by atoms with Crippen molar-refractivity contribution in [3.8, 4) is 0 Å². The van der Waals surface area contributed by atoms with Crippen LogP contribution in [0.2, 0.25) is 0 Å². The zero-order valence-electron chi connectivity index (χ0n) is 11.9. The van der Waals surface area contributed by atoms with Crippen LogP contribution in [0, 0.1) is 0 Å². The predicted molar refractivity (Wildman–Crippen MR) is 74.7 cm³/mol. The Morgan fingerprint density at radius 3 is 2.68 bits per heavy atom. The molecule has 0 amide bonds. The molecule has 1 saturated heterocycles. The van der Waals surface area contributed by atoms with Crippen molar-refractivity contribution in [2.75, 3.05) is 38.7 Å². The Morgan fingerprint density at radius 2 is 2.05 bits per heavy atom. The van der Waals surface area contributed by atoms with E-state index in [0.29, 0.717) is 38.8 Å². The van der Waals surface area contributed by atoms with Gasteiger partial charge >= 0.3 is 0 Å². The van der Waals surface area contributed by atoms with Gasteiger partial charge in [0.1, 0.15) is 0 Å². The zero-order chi connectivity index (χ0) is 14.1. The van der Waals surface area contributed by atoms with E-state index in [2.05, 4.69) is 23.9 Å². The highest BCUT2D eigenvalue weighted by atomic mass is 32.2. The summed E-state index contributed by atoms with van der Waals surface area (Å²) in [6.07, 6.45) is 1.37. The largest absolute Gasteiger partial charge is 0.376 e. The quantitative estimate of drug-likeness (QED) is 0.590. The lowest BCUT2D eigenvalue weighted by Gasteiger charge is -2.23. The molecule has 0 aromatic carbocycles. The van der Waals surface area contributed by atoms with E-state index < -0.39 is 10.0 Å². The molecule has 2 N–H and O–H groups in total. The number of ether oxygens (including phenoxy) is 2. The van der Waals surface area contributed by atoms with E-state index in [1.165, 1.54) is 0 Å². The first-order chi connectivity index (χ1) is 8.99. The van der Waals surface area contributed by atoms with Crippen molar-refractivity contribution in [1.82, 2.24) is 10.0 Å². The van der Waals surface area contributed by atoms with Gasteiger partial charge in [-0.05, 0) is 19.4 Å². The topological polar surface area (TPSA) is 76.7 Å². The van der Waals surface area contributed by atoms with Gasteiger partial charge in [0.15, 0.2) is 0 Å². The minimum absolute atomic E-state index is 0.161. The average molecular weight is 294 g/mol. The van der Waals surface area contributed by atoms with Crippen LogP contribution in [-0.4, -0.2) is 59.2 Å². The second-order valence-electron chi connectivity index (χ2n) is 5.05. The molecule has 1 fully saturated rings. The lowest BCUT2D eigenvalue weighted by Crippen LogP contribution is -2.40. The molecule has 0 aliphatic carbocycles. The Bertz CT molecular complexity index is 327. The SMILES string of the molecule is CC(C)NCCCCS(=O)(=O)NCC1COCCO1. The summed E-state index contributed by atoms with van der Waals surface area (Å²) in [6, 6.07) is 0.443. The minimum atomic E-state index is -3.20. The molecule has 114 valence electrons. The fraction of sp³-hybridized carbons (Fsp3) is 1.00. The second kappa shape index (κ2) is 8.86. The van der Waals surface area contributed by atoms with Crippen LogP contribution >= 0.6 is 0 Å². The molecule has 0 bridgehead atoms. The van der Waals surface area contributed by atoms with Crippen LogP contribution in [0.25, 0.3) is 0 Å². The Morgan fingerprint density at radius 1 is 1.26 bits per heavy atom. The van der Waals surface area contributed by atoms with E-state index in [0.717, 1.165) is 13.0 Å². The summed E-state index contributed by atoms with van der Waals surface area (Å²) in [4.78, 5) is 0. The highest BCUT2D eigenvalue weighted by Gasteiger charge is 2.17. The summed E-state index contributed by atoms with van der Waals surface area (Å²) in [5.41, 5.74) is 0. The predicted octanol–water partition coefficient (Wildman–Crippen LogP) is 0.0994. The summed E-state index contributed by atoms with van der Waals surface area (Å²) < 4.78 is 36.7. The van der Waals surface area contributed by atoms with Crippen molar-refractivity contribution in [3.05, 3.63) is 0 Å². The zero-order valence-corrected chi connectivity index (χ0v) is 12.7. The monoisotopic (exact) mass is 294 g/mol. The van der Waals surface area contributed by atoms with Crippen LogP contribution in [0.15, 0.2) is 0 Å². The number of hydrogen-bond donors (Lipinski definition) is 2. The third-order valence-electron chi connectivity index (χ3n) is 2.81. The van der Waals surface area contributed by atoms with Crippen molar-refractivity contribution < 1.29 is 17.9 Å². The lowest BCUT2D eigenvalue weighted by molar-refractivity contribution is -0.0846. The van der Waals surface area contributed by atoms with Gasteiger partial charge in [-0.15, -0.1) is 0 Å². The summed E-state index contributed by atoms with van der Waals surface area (Å²) in [6.45, 7) is 6.88. The molecular weight excluding hydrogens is 268 g/mol. The Kier molecular flexibility index (Phi) is 7.86. The molecule has 6 nitrogen and oxygen atoms in total. The Labute approximate surface area is 116 Å². The highest BCUT2D eigenvalue weighted by Crippen LogP contribution is 2.01. The number of rotatable bonds is 9. The maximum Gasteiger partial charge on any atom is 0.211 e. The molecule has 0 aromatic rings. The van der Waals surface area contributed by atoms with E-state index in [1.807, 2.05) is 0 Å². The fourth-order valence-corrected chi connectivity index (χ4v) is 2.92. The van der Waals surface area contributed by atoms with Gasteiger partial charge in [-0.3, -0.25) is 0 Å². The first-order valence-electron chi connectivity index (χ1n) is 6.89. The van der Waals surface area contributed by atoms with E-state index in [9.17, 15) is 8.42 Å². The van der Waals surface area contributed by atoms with E-state index in [4.69, 9.17) is 9.47 Å². The molecule has 7 heteroatoms. The molecule has 1 atom stereocenters. The molecule has 0 saturated carbocycles. The van der Waals surface area contributed by atoms with Gasteiger partial charge in [-0.1, -0.05) is 13.8 Å². The van der Waals surface area contributed by atoms with Gasteiger partial charge in [-0.25, -0.2) is 13.1 Å². The molecule has 1 aliphatic heterocycles. The van der Waals surface area contributed by atoms with Gasteiger partial charge in [0, 0.05) is 12.6 Å². The summed E-state index contributed by atoms with van der Waals surface area (Å²) in [5, 5.41) is 3.26. The molecule has 1 unspecified atom stereocenters. The van der Waals surface area contributed by atoms with Gasteiger partial charge in [-0.2, -0.15) is 0 Å². The van der Waals surface area contributed by atoms with Crippen molar-refractivity contribution >= 4 is 10.0 Å². The molecule has 1 heterocycles. The molecular formula is C12H26N2O4S. The Hall–Kier alpha value is -0.210. The van der Waals surface area contributed by atoms with Crippen LogP contribution < -0.4 is 10.0 Å². The number of sulfonamides is 1. The van der Waals surface area contributed by atoms with Crippen molar-refractivity contribution in [2.24, 2.45) is 0 Å². The van der Waals surface area contributed by atoms with Crippen molar-refractivity contribution in [3.63, 3.8) is 0 Å². The van der Waals surface area contributed by atoms with Crippen molar-refractivity contribution in [1.29, 1.82) is 0 Å². The van der Waals surface area contributed by atoms with Crippen LogP contribution in [0.5, 0.6) is 0 Å². The molecule has 1 rings (SSSR count). The molecule has 0 aromatic heterocycles. The second-order valence-corrected chi connectivity index (χ2v) is 6.98. The summed E-state index contributed by atoms with van der Waals surface area (Å²) in [7, 11) is -3.20.